The fourth-order valence-electron chi connectivity index (χ4n) is 3.26. The minimum absolute atomic E-state index is 0.0587. The highest BCUT2D eigenvalue weighted by Crippen LogP contribution is 2.28. The zero-order valence-electron chi connectivity index (χ0n) is 13.4. The highest BCUT2D eigenvalue weighted by Gasteiger charge is 2.31. The monoisotopic (exact) mass is 311 g/mol. The molecule has 0 bridgehead atoms. The molecule has 0 aromatic carbocycles. The number of rotatable bonds is 4. The summed E-state index contributed by atoms with van der Waals surface area (Å²) in [6.45, 7) is 3.65. The van der Waals surface area contributed by atoms with Crippen molar-refractivity contribution in [2.45, 2.75) is 32.0 Å². The molecule has 1 aliphatic rings. The van der Waals surface area contributed by atoms with Gasteiger partial charge in [-0.1, -0.05) is 6.07 Å². The molecular weight excluding hydrogens is 290 g/mol. The van der Waals surface area contributed by atoms with Crippen molar-refractivity contribution in [1.82, 2.24) is 24.5 Å². The molecular formula is C17H21N5O. The molecule has 0 unspecified atom stereocenters. The number of imidazole rings is 1. The average molecular weight is 311 g/mol. The van der Waals surface area contributed by atoms with E-state index in [0.29, 0.717) is 6.04 Å². The van der Waals surface area contributed by atoms with E-state index in [4.69, 9.17) is 4.74 Å². The molecule has 23 heavy (non-hydrogen) atoms. The van der Waals surface area contributed by atoms with Crippen LogP contribution >= 0.6 is 0 Å². The van der Waals surface area contributed by atoms with E-state index in [0.717, 1.165) is 30.9 Å². The summed E-state index contributed by atoms with van der Waals surface area (Å²) < 4.78 is 9.96. The van der Waals surface area contributed by atoms with Gasteiger partial charge in [0.1, 0.15) is 11.8 Å². The Labute approximate surface area is 135 Å². The van der Waals surface area contributed by atoms with Gasteiger partial charge in [-0.15, -0.1) is 0 Å². The number of aryl methyl sites for hydroxylation is 2. The van der Waals surface area contributed by atoms with Crippen molar-refractivity contribution in [3.8, 4) is 0 Å². The number of aromatic nitrogens is 4. The van der Waals surface area contributed by atoms with Crippen LogP contribution in [0.15, 0.2) is 36.8 Å². The van der Waals surface area contributed by atoms with E-state index >= 15 is 0 Å². The quantitative estimate of drug-likeness (QED) is 0.800. The summed E-state index contributed by atoms with van der Waals surface area (Å²) in [7, 11) is 1.96. The van der Waals surface area contributed by atoms with Crippen LogP contribution in [0.2, 0.25) is 0 Å². The van der Waals surface area contributed by atoms with Crippen LogP contribution in [0.25, 0.3) is 5.65 Å². The fraction of sp³-hybridized carbons (Fsp3) is 0.412. The van der Waals surface area contributed by atoms with Crippen LogP contribution in [0, 0.1) is 6.92 Å². The van der Waals surface area contributed by atoms with Gasteiger partial charge in [-0.3, -0.25) is 4.68 Å². The SMILES string of the molecule is Cc1ccc2ncc(CN[C@H]3CCO[C@@H]3c3ccnn3C)n2c1. The molecule has 1 saturated heterocycles. The Bertz CT molecular complexity index is 821. The number of pyridine rings is 1. The first-order valence-electron chi connectivity index (χ1n) is 7.98. The first-order valence-corrected chi connectivity index (χ1v) is 7.98. The van der Waals surface area contributed by atoms with Gasteiger partial charge in [-0.05, 0) is 31.0 Å². The van der Waals surface area contributed by atoms with E-state index in [1.54, 1.807) is 0 Å². The third-order valence-electron chi connectivity index (χ3n) is 4.52. The lowest BCUT2D eigenvalue weighted by molar-refractivity contribution is 0.0918. The van der Waals surface area contributed by atoms with Gasteiger partial charge in [0, 0.05) is 38.6 Å². The molecule has 3 aromatic heterocycles. The van der Waals surface area contributed by atoms with E-state index in [-0.39, 0.29) is 6.10 Å². The van der Waals surface area contributed by atoms with Gasteiger partial charge in [-0.2, -0.15) is 5.10 Å². The molecule has 2 atom stereocenters. The largest absolute Gasteiger partial charge is 0.370 e. The Hall–Kier alpha value is -2.18. The molecule has 1 fully saturated rings. The Kier molecular flexibility index (Phi) is 3.63. The highest BCUT2D eigenvalue weighted by atomic mass is 16.5. The number of hydrogen-bond acceptors (Lipinski definition) is 4. The lowest BCUT2D eigenvalue weighted by Crippen LogP contribution is -2.32. The van der Waals surface area contributed by atoms with Crippen LogP contribution in [0.3, 0.4) is 0 Å². The minimum atomic E-state index is 0.0587. The van der Waals surface area contributed by atoms with Gasteiger partial charge in [0.05, 0.1) is 17.6 Å². The summed E-state index contributed by atoms with van der Waals surface area (Å²) in [4.78, 5) is 4.47. The predicted octanol–water partition coefficient (Wildman–Crippen LogP) is 2.00. The van der Waals surface area contributed by atoms with Gasteiger partial charge < -0.3 is 14.5 Å². The van der Waals surface area contributed by atoms with E-state index in [1.807, 2.05) is 30.2 Å². The third-order valence-corrected chi connectivity index (χ3v) is 4.52. The van der Waals surface area contributed by atoms with E-state index in [2.05, 4.69) is 45.1 Å². The van der Waals surface area contributed by atoms with E-state index in [9.17, 15) is 0 Å². The number of nitrogens with zero attached hydrogens (tertiary/aromatic N) is 4. The summed E-state index contributed by atoms with van der Waals surface area (Å²) in [6, 6.07) is 6.46. The number of hydrogen-bond donors (Lipinski definition) is 1. The molecule has 3 aromatic rings. The second-order valence-corrected chi connectivity index (χ2v) is 6.13. The molecule has 1 aliphatic heterocycles. The summed E-state index contributed by atoms with van der Waals surface area (Å²) in [5.41, 5.74) is 4.50. The van der Waals surface area contributed by atoms with Gasteiger partial charge >= 0.3 is 0 Å². The number of nitrogens with one attached hydrogen (secondary N) is 1. The zero-order chi connectivity index (χ0) is 15.8. The average Bonchev–Trinajstić information content (AvgIpc) is 3.24. The summed E-state index contributed by atoms with van der Waals surface area (Å²) in [5.74, 6) is 0. The second kappa shape index (κ2) is 5.79. The van der Waals surface area contributed by atoms with Crippen LogP contribution in [0.4, 0.5) is 0 Å². The molecule has 1 N–H and O–H groups in total. The molecule has 4 heterocycles. The van der Waals surface area contributed by atoms with E-state index in [1.165, 1.54) is 11.3 Å². The van der Waals surface area contributed by atoms with Gasteiger partial charge in [0.25, 0.3) is 0 Å². The van der Waals surface area contributed by atoms with Crippen LogP contribution < -0.4 is 5.32 Å². The molecule has 0 aliphatic carbocycles. The maximum Gasteiger partial charge on any atom is 0.136 e. The van der Waals surface area contributed by atoms with Crippen molar-refractivity contribution >= 4 is 5.65 Å². The van der Waals surface area contributed by atoms with Crippen molar-refractivity contribution in [3.05, 3.63) is 53.7 Å². The van der Waals surface area contributed by atoms with Crippen LogP contribution in [-0.4, -0.2) is 31.8 Å². The van der Waals surface area contributed by atoms with Gasteiger partial charge in [0.2, 0.25) is 0 Å². The van der Waals surface area contributed by atoms with Crippen LogP contribution in [-0.2, 0) is 18.3 Å². The van der Waals surface area contributed by atoms with Gasteiger partial charge in [0.15, 0.2) is 0 Å². The van der Waals surface area contributed by atoms with Crippen molar-refractivity contribution < 1.29 is 4.74 Å². The third kappa shape index (κ3) is 2.64. The Balaban J connectivity index is 1.51. The minimum Gasteiger partial charge on any atom is -0.370 e. The molecule has 4 rings (SSSR count). The number of fused-ring (bicyclic) bond motifs is 1. The standard InChI is InChI=1S/C17H21N5O/c1-12-3-4-16-19-10-13(22(16)11-12)9-18-14-6-8-23-17(14)15-5-7-20-21(15)2/h3-5,7,10-11,14,17-18H,6,8-9H2,1-2H3/t14-,17-/m0/s1. The van der Waals surface area contributed by atoms with Crippen molar-refractivity contribution in [3.63, 3.8) is 0 Å². The lowest BCUT2D eigenvalue weighted by Gasteiger charge is -2.20. The number of ether oxygens (including phenoxy) is 1. The smallest absolute Gasteiger partial charge is 0.136 e. The van der Waals surface area contributed by atoms with Gasteiger partial charge in [-0.25, -0.2) is 4.98 Å². The second-order valence-electron chi connectivity index (χ2n) is 6.13. The molecule has 120 valence electrons. The van der Waals surface area contributed by atoms with Crippen molar-refractivity contribution in [2.24, 2.45) is 7.05 Å². The lowest BCUT2D eigenvalue weighted by atomic mass is 10.1. The molecule has 6 nitrogen and oxygen atoms in total. The summed E-state index contributed by atoms with van der Waals surface area (Å²) in [6.07, 6.45) is 6.95. The summed E-state index contributed by atoms with van der Waals surface area (Å²) in [5, 5.41) is 7.89. The molecule has 0 radical (unpaired) electrons. The van der Waals surface area contributed by atoms with Crippen molar-refractivity contribution in [2.75, 3.05) is 6.61 Å². The van der Waals surface area contributed by atoms with E-state index < -0.39 is 0 Å². The Morgan fingerprint density at radius 3 is 3.09 bits per heavy atom. The first-order chi connectivity index (χ1) is 11.2. The molecule has 0 spiro atoms. The fourth-order valence-corrected chi connectivity index (χ4v) is 3.26. The first kappa shape index (κ1) is 14.4. The normalized spacial score (nSPS) is 21.3. The molecule has 6 heteroatoms. The maximum atomic E-state index is 5.92. The van der Waals surface area contributed by atoms with Crippen molar-refractivity contribution in [1.29, 1.82) is 0 Å². The Morgan fingerprint density at radius 2 is 2.26 bits per heavy atom. The maximum absolute atomic E-state index is 5.92. The van der Waals surface area contributed by atoms with Crippen LogP contribution in [0.5, 0.6) is 0 Å². The highest BCUT2D eigenvalue weighted by molar-refractivity contribution is 5.41. The molecule has 0 saturated carbocycles. The topological polar surface area (TPSA) is 56.4 Å². The zero-order valence-corrected chi connectivity index (χ0v) is 13.4. The van der Waals surface area contributed by atoms with Crippen LogP contribution in [0.1, 0.15) is 29.5 Å². The summed E-state index contributed by atoms with van der Waals surface area (Å²) >= 11 is 0. The molecule has 0 amide bonds. The Morgan fingerprint density at radius 1 is 1.35 bits per heavy atom. The predicted molar refractivity (Wildman–Crippen MR) is 87.1 cm³/mol.